The van der Waals surface area contributed by atoms with Gasteiger partial charge < -0.3 is 4.74 Å². The number of esters is 1. The zero-order chi connectivity index (χ0) is 21.5. The van der Waals surface area contributed by atoms with Gasteiger partial charge in [-0.3, -0.25) is 14.9 Å². The highest BCUT2D eigenvalue weighted by Crippen LogP contribution is 2.41. The van der Waals surface area contributed by atoms with E-state index in [2.05, 4.69) is 20.4 Å². The zero-order valence-corrected chi connectivity index (χ0v) is 16.5. The van der Waals surface area contributed by atoms with Gasteiger partial charge in [0.2, 0.25) is 0 Å². The van der Waals surface area contributed by atoms with Gasteiger partial charge in [0, 0.05) is 23.1 Å². The molecule has 8 nitrogen and oxygen atoms in total. The molecule has 0 saturated heterocycles. The van der Waals surface area contributed by atoms with Crippen LogP contribution in [0.1, 0.15) is 53.3 Å². The quantitative estimate of drug-likeness (QED) is 0.591. The molecule has 0 unspecified atom stereocenters. The average Bonchev–Trinajstić information content (AvgIpc) is 3.28. The van der Waals surface area contributed by atoms with Gasteiger partial charge in [0.25, 0.3) is 5.91 Å². The number of fused-ring (bicyclic) bond motifs is 1. The standard InChI is InChI=1S/C18H16F3N5O3S/c1-2-29-15(27)5-10-8-30-17(22-10)24-16(28)12-7-14-23-11(9-3-4-9)6-13(18(19,20)21)26(14)25-12/h6-9H,2-5H2,1H3,(H,22,24,28). The monoisotopic (exact) mass is 439 g/mol. The van der Waals surface area contributed by atoms with E-state index in [-0.39, 0.29) is 35.4 Å². The van der Waals surface area contributed by atoms with Crippen molar-refractivity contribution in [3.63, 3.8) is 0 Å². The SMILES string of the molecule is CCOC(=O)Cc1csc(NC(=O)c2cc3nc(C4CC4)cc(C(F)(F)F)n3n2)n1. The van der Waals surface area contributed by atoms with Crippen molar-refractivity contribution in [3.8, 4) is 0 Å². The third kappa shape index (κ3) is 4.27. The van der Waals surface area contributed by atoms with Crippen molar-refractivity contribution in [2.45, 2.75) is 38.3 Å². The van der Waals surface area contributed by atoms with Crippen LogP contribution in [-0.4, -0.2) is 38.1 Å². The number of halogens is 3. The summed E-state index contributed by atoms with van der Waals surface area (Å²) in [4.78, 5) is 32.3. The van der Waals surface area contributed by atoms with E-state index in [0.29, 0.717) is 15.9 Å². The first-order chi connectivity index (χ1) is 14.2. The van der Waals surface area contributed by atoms with Crippen LogP contribution in [0, 0.1) is 0 Å². The third-order valence-electron chi connectivity index (χ3n) is 4.37. The molecule has 4 rings (SSSR count). The topological polar surface area (TPSA) is 98.5 Å². The van der Waals surface area contributed by atoms with Gasteiger partial charge in [-0.05, 0) is 25.8 Å². The van der Waals surface area contributed by atoms with Crippen molar-refractivity contribution in [3.05, 3.63) is 40.3 Å². The lowest BCUT2D eigenvalue weighted by molar-refractivity contribution is -0.143. The van der Waals surface area contributed by atoms with Gasteiger partial charge in [0.1, 0.15) is 5.69 Å². The summed E-state index contributed by atoms with van der Waals surface area (Å²) in [5.74, 6) is -1.16. The summed E-state index contributed by atoms with van der Waals surface area (Å²) in [6, 6.07) is 2.20. The summed E-state index contributed by atoms with van der Waals surface area (Å²) in [5.41, 5.74) is -0.467. The maximum Gasteiger partial charge on any atom is 0.433 e. The number of nitrogens with zero attached hydrogens (tertiary/aromatic N) is 4. The zero-order valence-electron chi connectivity index (χ0n) is 15.7. The molecule has 1 N–H and O–H groups in total. The number of hydrogen-bond donors (Lipinski definition) is 1. The molecule has 1 aliphatic carbocycles. The molecule has 0 radical (unpaired) electrons. The van der Waals surface area contributed by atoms with Gasteiger partial charge in [0.05, 0.1) is 18.7 Å². The second kappa shape index (κ2) is 7.67. The Morgan fingerprint density at radius 2 is 2.07 bits per heavy atom. The summed E-state index contributed by atoms with van der Waals surface area (Å²) >= 11 is 1.08. The van der Waals surface area contributed by atoms with E-state index in [9.17, 15) is 22.8 Å². The van der Waals surface area contributed by atoms with E-state index >= 15 is 0 Å². The Balaban J connectivity index is 1.57. The van der Waals surface area contributed by atoms with Gasteiger partial charge in [-0.2, -0.15) is 18.3 Å². The molecule has 0 bridgehead atoms. The average molecular weight is 439 g/mol. The predicted octanol–water partition coefficient (Wildman–Crippen LogP) is 3.44. The predicted molar refractivity (Wildman–Crippen MR) is 100 cm³/mol. The van der Waals surface area contributed by atoms with Crippen LogP contribution in [0.3, 0.4) is 0 Å². The van der Waals surface area contributed by atoms with E-state index in [0.717, 1.165) is 30.2 Å². The fourth-order valence-corrected chi connectivity index (χ4v) is 3.57. The number of hydrogen-bond acceptors (Lipinski definition) is 7. The Morgan fingerprint density at radius 1 is 1.30 bits per heavy atom. The highest BCUT2D eigenvalue weighted by Gasteiger charge is 2.37. The minimum atomic E-state index is -4.64. The molecule has 1 aliphatic rings. The second-order valence-electron chi connectivity index (χ2n) is 6.72. The molecule has 30 heavy (non-hydrogen) atoms. The first-order valence-electron chi connectivity index (χ1n) is 9.14. The van der Waals surface area contributed by atoms with E-state index in [1.54, 1.807) is 12.3 Å². The fourth-order valence-electron chi connectivity index (χ4n) is 2.86. The number of ether oxygens (including phenoxy) is 1. The minimum Gasteiger partial charge on any atom is -0.466 e. The molecule has 0 atom stereocenters. The van der Waals surface area contributed by atoms with Crippen molar-refractivity contribution >= 4 is 34.0 Å². The Kier molecular flexibility index (Phi) is 5.18. The van der Waals surface area contributed by atoms with E-state index in [1.165, 1.54) is 6.07 Å². The van der Waals surface area contributed by atoms with Gasteiger partial charge in [-0.15, -0.1) is 11.3 Å². The Bertz CT molecular complexity index is 1120. The molecule has 3 heterocycles. The van der Waals surface area contributed by atoms with Gasteiger partial charge in [-0.1, -0.05) is 0 Å². The van der Waals surface area contributed by atoms with Crippen molar-refractivity contribution < 1.29 is 27.5 Å². The number of anilines is 1. The Hall–Kier alpha value is -3.02. The smallest absolute Gasteiger partial charge is 0.433 e. The van der Waals surface area contributed by atoms with Gasteiger partial charge in [-0.25, -0.2) is 14.5 Å². The number of nitrogens with one attached hydrogen (secondary N) is 1. The van der Waals surface area contributed by atoms with Crippen LogP contribution in [0.4, 0.5) is 18.3 Å². The number of carbonyl (C=O) groups is 2. The number of thiazole rings is 1. The Labute approximate surface area is 172 Å². The summed E-state index contributed by atoms with van der Waals surface area (Å²) < 4.78 is 45.9. The van der Waals surface area contributed by atoms with Crippen molar-refractivity contribution in [2.75, 3.05) is 11.9 Å². The number of rotatable bonds is 6. The third-order valence-corrected chi connectivity index (χ3v) is 5.18. The molecule has 1 saturated carbocycles. The van der Waals surface area contributed by atoms with Crippen LogP contribution < -0.4 is 5.32 Å². The summed E-state index contributed by atoms with van der Waals surface area (Å²) in [6.07, 6.45) is -3.10. The molecular weight excluding hydrogens is 423 g/mol. The first-order valence-corrected chi connectivity index (χ1v) is 10.0. The largest absolute Gasteiger partial charge is 0.466 e. The molecule has 3 aromatic rings. The lowest BCUT2D eigenvalue weighted by atomic mass is 10.2. The molecule has 1 amide bonds. The highest BCUT2D eigenvalue weighted by atomic mass is 32.1. The van der Waals surface area contributed by atoms with Crippen LogP contribution in [0.15, 0.2) is 17.5 Å². The summed E-state index contributed by atoms with van der Waals surface area (Å²) in [7, 11) is 0. The normalized spacial score (nSPS) is 14.1. The minimum absolute atomic E-state index is 0.0106. The number of alkyl halides is 3. The molecule has 0 aromatic carbocycles. The van der Waals surface area contributed by atoms with Crippen LogP contribution in [0.2, 0.25) is 0 Å². The number of aromatic nitrogens is 4. The maximum absolute atomic E-state index is 13.5. The fraction of sp³-hybridized carbons (Fsp3) is 0.389. The van der Waals surface area contributed by atoms with Crippen LogP contribution >= 0.6 is 11.3 Å². The van der Waals surface area contributed by atoms with Gasteiger partial charge >= 0.3 is 12.1 Å². The van der Waals surface area contributed by atoms with Crippen LogP contribution in [-0.2, 0) is 22.1 Å². The van der Waals surface area contributed by atoms with E-state index < -0.39 is 23.7 Å². The van der Waals surface area contributed by atoms with Crippen LogP contribution in [0.25, 0.3) is 5.65 Å². The highest BCUT2D eigenvalue weighted by molar-refractivity contribution is 7.14. The van der Waals surface area contributed by atoms with Crippen molar-refractivity contribution in [1.82, 2.24) is 19.6 Å². The first kappa shape index (κ1) is 20.3. The molecule has 0 spiro atoms. The van der Waals surface area contributed by atoms with Crippen molar-refractivity contribution in [2.24, 2.45) is 0 Å². The van der Waals surface area contributed by atoms with E-state index in [4.69, 9.17) is 4.74 Å². The van der Waals surface area contributed by atoms with Crippen LogP contribution in [0.5, 0.6) is 0 Å². The Morgan fingerprint density at radius 3 is 2.73 bits per heavy atom. The summed E-state index contributed by atoms with van der Waals surface area (Å²) in [6.45, 7) is 1.93. The molecule has 3 aromatic heterocycles. The molecular formula is C18H16F3N5O3S. The molecule has 0 aliphatic heterocycles. The lowest BCUT2D eigenvalue weighted by Gasteiger charge is -2.10. The number of carbonyl (C=O) groups excluding carboxylic acids is 2. The second-order valence-corrected chi connectivity index (χ2v) is 7.58. The molecule has 158 valence electrons. The van der Waals surface area contributed by atoms with E-state index in [1.807, 2.05) is 0 Å². The molecule has 12 heteroatoms. The van der Waals surface area contributed by atoms with Gasteiger partial charge in [0.15, 0.2) is 16.5 Å². The van der Waals surface area contributed by atoms with Crippen molar-refractivity contribution in [1.29, 1.82) is 0 Å². The number of amides is 1. The molecule has 1 fully saturated rings. The summed E-state index contributed by atoms with van der Waals surface area (Å²) in [5, 5.41) is 8.06. The maximum atomic E-state index is 13.5. The lowest BCUT2D eigenvalue weighted by Crippen LogP contribution is -2.16.